The summed E-state index contributed by atoms with van der Waals surface area (Å²) in [7, 11) is 1.66. The van der Waals surface area contributed by atoms with E-state index < -0.39 is 0 Å². The standard InChI is InChI=1S/C18H16N2O/c1-3-19-16-11-5-6-12-17(16)20-14-8-10-15-9-4-7-13-18(15)21-2/h4-14H,1H2,2H3/b10-8+,20-14?. The normalized spacial score (nSPS) is 10.7. The fourth-order valence-electron chi connectivity index (χ4n) is 1.83. The molecular weight excluding hydrogens is 260 g/mol. The quantitative estimate of drug-likeness (QED) is 0.735. The minimum absolute atomic E-state index is 0.745. The lowest BCUT2D eigenvalue weighted by Gasteiger charge is -2.02. The zero-order chi connectivity index (χ0) is 14.9. The first-order valence-corrected chi connectivity index (χ1v) is 6.50. The lowest BCUT2D eigenvalue weighted by Crippen LogP contribution is -1.85. The van der Waals surface area contributed by atoms with Crippen LogP contribution in [0.3, 0.4) is 0 Å². The Morgan fingerprint density at radius 2 is 1.76 bits per heavy atom. The fraction of sp³-hybridized carbons (Fsp3) is 0.0556. The molecule has 2 rings (SSSR count). The van der Waals surface area contributed by atoms with Crippen molar-refractivity contribution in [3.05, 3.63) is 66.7 Å². The zero-order valence-electron chi connectivity index (χ0n) is 11.9. The van der Waals surface area contributed by atoms with Gasteiger partial charge >= 0.3 is 0 Å². The topological polar surface area (TPSA) is 34.0 Å². The smallest absolute Gasteiger partial charge is 0.126 e. The summed E-state index contributed by atoms with van der Waals surface area (Å²) in [6.45, 7) is 3.48. The van der Waals surface area contributed by atoms with Crippen LogP contribution in [-0.2, 0) is 0 Å². The number of hydrogen-bond acceptors (Lipinski definition) is 3. The molecule has 0 N–H and O–H groups in total. The number of para-hydroxylation sites is 3. The molecule has 0 unspecified atom stereocenters. The third-order valence-electron chi connectivity index (χ3n) is 2.80. The van der Waals surface area contributed by atoms with Gasteiger partial charge in [0.15, 0.2) is 0 Å². The minimum Gasteiger partial charge on any atom is -0.496 e. The minimum atomic E-state index is 0.745. The van der Waals surface area contributed by atoms with Crippen LogP contribution in [0.15, 0.2) is 71.2 Å². The summed E-state index contributed by atoms with van der Waals surface area (Å²) in [4.78, 5) is 8.43. The molecule has 21 heavy (non-hydrogen) atoms. The Labute approximate surface area is 124 Å². The highest BCUT2D eigenvalue weighted by Crippen LogP contribution is 2.26. The predicted molar refractivity (Wildman–Crippen MR) is 89.3 cm³/mol. The van der Waals surface area contributed by atoms with Gasteiger partial charge in [0.05, 0.1) is 18.5 Å². The molecule has 0 spiro atoms. The van der Waals surface area contributed by atoms with E-state index in [2.05, 4.69) is 22.4 Å². The number of benzene rings is 2. The number of aliphatic imine (C=N–C) groups is 2. The summed E-state index contributed by atoms with van der Waals surface area (Å²) in [6, 6.07) is 15.4. The third-order valence-corrected chi connectivity index (χ3v) is 2.80. The number of hydrogen-bond donors (Lipinski definition) is 0. The van der Waals surface area contributed by atoms with Gasteiger partial charge in [-0.1, -0.05) is 30.3 Å². The van der Waals surface area contributed by atoms with Crippen LogP contribution in [0.1, 0.15) is 5.56 Å². The first-order valence-electron chi connectivity index (χ1n) is 6.50. The summed E-state index contributed by atoms with van der Waals surface area (Å²) in [5, 5.41) is 0. The lowest BCUT2D eigenvalue weighted by atomic mass is 10.2. The van der Waals surface area contributed by atoms with Gasteiger partial charge in [-0.3, -0.25) is 4.99 Å². The van der Waals surface area contributed by atoms with Crippen LogP contribution in [0.25, 0.3) is 6.08 Å². The zero-order valence-corrected chi connectivity index (χ0v) is 11.9. The van der Waals surface area contributed by atoms with Crippen LogP contribution >= 0.6 is 0 Å². The van der Waals surface area contributed by atoms with Gasteiger partial charge in [0.2, 0.25) is 0 Å². The predicted octanol–water partition coefficient (Wildman–Crippen LogP) is 4.60. The second kappa shape index (κ2) is 7.63. The maximum atomic E-state index is 5.29. The van der Waals surface area contributed by atoms with Crippen LogP contribution in [0.4, 0.5) is 11.4 Å². The molecule has 0 aliphatic rings. The van der Waals surface area contributed by atoms with Crippen molar-refractivity contribution in [3.8, 4) is 5.75 Å². The molecule has 0 radical (unpaired) electrons. The molecule has 0 saturated heterocycles. The second-order valence-corrected chi connectivity index (χ2v) is 4.14. The summed E-state index contributed by atoms with van der Waals surface area (Å²) in [5.74, 6) is 3.35. The van der Waals surface area contributed by atoms with Crippen molar-refractivity contribution in [3.63, 3.8) is 0 Å². The molecule has 3 nitrogen and oxygen atoms in total. The molecule has 0 aliphatic heterocycles. The molecule has 0 bridgehead atoms. The van der Waals surface area contributed by atoms with Gasteiger partial charge in [0.25, 0.3) is 0 Å². The van der Waals surface area contributed by atoms with E-state index in [1.807, 2.05) is 60.7 Å². The Balaban J connectivity index is 2.16. The Bertz CT molecular complexity index is 711. The van der Waals surface area contributed by atoms with Crippen molar-refractivity contribution in [1.29, 1.82) is 0 Å². The molecule has 0 heterocycles. The SMILES string of the molecule is C=C=Nc1ccccc1N=C/C=C/c1ccccc1OC. The second-order valence-electron chi connectivity index (χ2n) is 4.14. The molecule has 2 aromatic rings. The van der Waals surface area contributed by atoms with Crippen LogP contribution in [0, 0.1) is 0 Å². The maximum absolute atomic E-state index is 5.29. The van der Waals surface area contributed by atoms with E-state index in [0.717, 1.165) is 22.7 Å². The van der Waals surface area contributed by atoms with Gasteiger partial charge in [0.1, 0.15) is 5.75 Å². The summed E-state index contributed by atoms with van der Waals surface area (Å²) >= 11 is 0. The number of rotatable bonds is 5. The molecule has 0 aliphatic carbocycles. The van der Waals surface area contributed by atoms with E-state index in [-0.39, 0.29) is 0 Å². The van der Waals surface area contributed by atoms with Crippen LogP contribution in [0.5, 0.6) is 5.75 Å². The van der Waals surface area contributed by atoms with E-state index in [1.54, 1.807) is 13.3 Å². The molecule has 0 fully saturated rings. The average Bonchev–Trinajstić information content (AvgIpc) is 2.53. The largest absolute Gasteiger partial charge is 0.496 e. The third kappa shape index (κ3) is 4.03. The lowest BCUT2D eigenvalue weighted by molar-refractivity contribution is 0.414. The highest BCUT2D eigenvalue weighted by Gasteiger charge is 1.96. The monoisotopic (exact) mass is 276 g/mol. The number of methoxy groups -OCH3 is 1. The molecule has 3 heteroatoms. The van der Waals surface area contributed by atoms with Crippen LogP contribution < -0.4 is 4.74 Å². The molecule has 0 amide bonds. The first kappa shape index (κ1) is 14.5. The van der Waals surface area contributed by atoms with Crippen LogP contribution in [0.2, 0.25) is 0 Å². The Morgan fingerprint density at radius 3 is 2.52 bits per heavy atom. The summed E-state index contributed by atoms with van der Waals surface area (Å²) in [5.41, 5.74) is 2.52. The van der Waals surface area contributed by atoms with Gasteiger partial charge in [-0.2, -0.15) is 0 Å². The summed E-state index contributed by atoms with van der Waals surface area (Å²) in [6.07, 6.45) is 5.54. The van der Waals surface area contributed by atoms with E-state index in [9.17, 15) is 0 Å². The van der Waals surface area contributed by atoms with Crippen molar-refractivity contribution in [2.24, 2.45) is 9.98 Å². The first-order chi connectivity index (χ1) is 10.3. The van der Waals surface area contributed by atoms with E-state index in [0.29, 0.717) is 0 Å². The molecule has 104 valence electrons. The molecule has 0 atom stereocenters. The molecule has 0 aromatic heterocycles. The Hall–Kier alpha value is -2.90. The van der Waals surface area contributed by atoms with Crippen molar-refractivity contribution in [1.82, 2.24) is 0 Å². The maximum Gasteiger partial charge on any atom is 0.126 e. The van der Waals surface area contributed by atoms with Crippen molar-refractivity contribution >= 4 is 29.5 Å². The van der Waals surface area contributed by atoms with Gasteiger partial charge in [-0.15, -0.1) is 0 Å². The Morgan fingerprint density at radius 1 is 1.05 bits per heavy atom. The molecular formula is C18H16N2O. The van der Waals surface area contributed by atoms with Gasteiger partial charge in [-0.05, 0) is 42.8 Å². The molecule has 2 aromatic carbocycles. The number of nitrogens with zero attached hydrogens (tertiary/aromatic N) is 2. The van der Waals surface area contributed by atoms with Crippen molar-refractivity contribution < 1.29 is 4.74 Å². The van der Waals surface area contributed by atoms with E-state index >= 15 is 0 Å². The average molecular weight is 276 g/mol. The molecule has 0 saturated carbocycles. The van der Waals surface area contributed by atoms with Crippen molar-refractivity contribution in [2.45, 2.75) is 0 Å². The van der Waals surface area contributed by atoms with Gasteiger partial charge in [-0.25, -0.2) is 4.99 Å². The Kier molecular flexibility index (Phi) is 5.27. The van der Waals surface area contributed by atoms with Crippen LogP contribution in [-0.4, -0.2) is 19.2 Å². The highest BCUT2D eigenvalue weighted by atomic mass is 16.5. The fourth-order valence-corrected chi connectivity index (χ4v) is 1.83. The number of allylic oxidation sites excluding steroid dienone is 1. The van der Waals surface area contributed by atoms with E-state index in [4.69, 9.17) is 4.74 Å². The summed E-state index contributed by atoms with van der Waals surface area (Å²) < 4.78 is 5.29. The number of ether oxygens (including phenoxy) is 1. The van der Waals surface area contributed by atoms with E-state index in [1.165, 1.54) is 0 Å². The highest BCUT2D eigenvalue weighted by molar-refractivity contribution is 5.83. The van der Waals surface area contributed by atoms with Crippen molar-refractivity contribution in [2.75, 3.05) is 7.11 Å². The van der Waals surface area contributed by atoms with Gasteiger partial charge < -0.3 is 4.74 Å². The van der Waals surface area contributed by atoms with Gasteiger partial charge in [0, 0.05) is 11.8 Å².